The Bertz CT molecular complexity index is 519. The number of hydrogen-bond donors (Lipinski definition) is 1. The van der Waals surface area contributed by atoms with Gasteiger partial charge < -0.3 is 10.0 Å². The fourth-order valence-corrected chi connectivity index (χ4v) is 2.69. The molecule has 0 aromatic heterocycles. The molecule has 6 nitrogen and oxygen atoms in total. The maximum atomic E-state index is 11.2. The van der Waals surface area contributed by atoms with E-state index >= 15 is 0 Å². The number of hydrogen-bond acceptors (Lipinski definition) is 4. The summed E-state index contributed by atoms with van der Waals surface area (Å²) in [4.78, 5) is 23.5. The summed E-state index contributed by atoms with van der Waals surface area (Å²) < 4.78 is 0. The van der Waals surface area contributed by atoms with Crippen LogP contribution in [0.15, 0.2) is 18.2 Å². The van der Waals surface area contributed by atoms with Gasteiger partial charge in [-0.25, -0.2) is 4.79 Å². The highest BCUT2D eigenvalue weighted by molar-refractivity contribution is 5.90. The number of carboxylic acid groups (broad SMARTS) is 1. The Morgan fingerprint density at radius 1 is 1.37 bits per heavy atom. The van der Waals surface area contributed by atoms with Crippen LogP contribution in [0, 0.1) is 10.1 Å². The number of aromatic carboxylic acids is 1. The van der Waals surface area contributed by atoms with Crippen LogP contribution in [-0.2, 0) is 0 Å². The van der Waals surface area contributed by atoms with Crippen LogP contribution in [0.4, 0.5) is 11.4 Å². The average Bonchev–Trinajstić information content (AvgIpc) is 2.68. The minimum absolute atomic E-state index is 0.0602. The third-order valence-corrected chi connectivity index (χ3v) is 3.65. The summed E-state index contributed by atoms with van der Waals surface area (Å²) in [5, 5.41) is 20.1. The molecule has 0 aliphatic carbocycles. The molecule has 1 aromatic carbocycles. The molecule has 0 amide bonds. The molecule has 1 saturated heterocycles. The number of nitro benzene ring substituents is 1. The Morgan fingerprint density at radius 3 is 2.42 bits per heavy atom. The minimum Gasteiger partial charge on any atom is -0.478 e. The van der Waals surface area contributed by atoms with Gasteiger partial charge >= 0.3 is 5.97 Å². The van der Waals surface area contributed by atoms with Gasteiger partial charge in [-0.2, -0.15) is 0 Å². The van der Waals surface area contributed by atoms with Crippen LogP contribution in [0.2, 0.25) is 0 Å². The highest BCUT2D eigenvalue weighted by Gasteiger charge is 2.32. The maximum Gasteiger partial charge on any atom is 0.335 e. The van der Waals surface area contributed by atoms with Crippen molar-refractivity contribution in [3.63, 3.8) is 0 Å². The number of anilines is 1. The predicted molar refractivity (Wildman–Crippen MR) is 70.7 cm³/mol. The lowest BCUT2D eigenvalue weighted by Gasteiger charge is -2.28. The van der Waals surface area contributed by atoms with Crippen LogP contribution in [0.5, 0.6) is 0 Å². The Kier molecular flexibility index (Phi) is 3.42. The van der Waals surface area contributed by atoms with Gasteiger partial charge in [0.2, 0.25) is 0 Å². The van der Waals surface area contributed by atoms with Gasteiger partial charge in [0.1, 0.15) is 5.69 Å². The molecule has 6 heteroatoms. The molecule has 2 unspecified atom stereocenters. The van der Waals surface area contributed by atoms with Crippen molar-refractivity contribution >= 4 is 17.3 Å². The smallest absolute Gasteiger partial charge is 0.335 e. The first-order valence-electron chi connectivity index (χ1n) is 6.22. The number of nitro groups is 1. The van der Waals surface area contributed by atoms with E-state index in [0.717, 1.165) is 18.9 Å². The fourth-order valence-electron chi connectivity index (χ4n) is 2.69. The van der Waals surface area contributed by atoms with Crippen LogP contribution in [0.3, 0.4) is 0 Å². The van der Waals surface area contributed by atoms with Crippen molar-refractivity contribution in [1.82, 2.24) is 0 Å². The van der Waals surface area contributed by atoms with Gasteiger partial charge in [-0.05, 0) is 38.8 Å². The highest BCUT2D eigenvalue weighted by Crippen LogP contribution is 2.37. The first-order valence-corrected chi connectivity index (χ1v) is 6.22. The molecule has 19 heavy (non-hydrogen) atoms. The normalized spacial score (nSPS) is 22.5. The lowest BCUT2D eigenvalue weighted by Crippen LogP contribution is -2.33. The largest absolute Gasteiger partial charge is 0.478 e. The van der Waals surface area contributed by atoms with E-state index in [0.29, 0.717) is 5.69 Å². The molecule has 0 saturated carbocycles. The lowest BCUT2D eigenvalue weighted by atomic mass is 10.1. The Hall–Kier alpha value is -2.11. The molecule has 1 aromatic rings. The summed E-state index contributed by atoms with van der Waals surface area (Å²) in [6, 6.07) is 4.55. The Morgan fingerprint density at radius 2 is 1.95 bits per heavy atom. The molecule has 1 fully saturated rings. The first-order chi connectivity index (χ1) is 8.91. The lowest BCUT2D eigenvalue weighted by molar-refractivity contribution is -0.384. The van der Waals surface area contributed by atoms with Crippen molar-refractivity contribution in [1.29, 1.82) is 0 Å². The molecule has 0 radical (unpaired) electrons. The van der Waals surface area contributed by atoms with Crippen LogP contribution < -0.4 is 4.90 Å². The average molecular weight is 264 g/mol. The number of carboxylic acids is 1. The van der Waals surface area contributed by atoms with Crippen molar-refractivity contribution in [3.05, 3.63) is 33.9 Å². The van der Waals surface area contributed by atoms with Gasteiger partial charge in [-0.1, -0.05) is 0 Å². The molecular formula is C13H16N2O4. The maximum absolute atomic E-state index is 11.2. The van der Waals surface area contributed by atoms with Gasteiger partial charge in [0.25, 0.3) is 5.69 Å². The molecule has 0 bridgehead atoms. The summed E-state index contributed by atoms with van der Waals surface area (Å²) in [7, 11) is 0. The number of nitrogens with zero attached hydrogens (tertiary/aromatic N) is 2. The van der Waals surface area contributed by atoms with E-state index in [1.807, 2.05) is 18.7 Å². The molecule has 2 atom stereocenters. The number of benzene rings is 1. The van der Waals surface area contributed by atoms with Gasteiger partial charge in [0.15, 0.2) is 0 Å². The van der Waals surface area contributed by atoms with E-state index in [4.69, 9.17) is 5.11 Å². The van der Waals surface area contributed by atoms with Gasteiger partial charge in [-0.15, -0.1) is 0 Å². The second-order valence-corrected chi connectivity index (χ2v) is 4.95. The van der Waals surface area contributed by atoms with Gasteiger partial charge in [0, 0.05) is 18.2 Å². The summed E-state index contributed by atoms with van der Waals surface area (Å²) in [5.74, 6) is -1.16. The minimum atomic E-state index is -1.16. The van der Waals surface area contributed by atoms with Crippen LogP contribution in [0.25, 0.3) is 0 Å². The van der Waals surface area contributed by atoms with Crippen LogP contribution in [-0.4, -0.2) is 28.1 Å². The fraction of sp³-hybridized carbons (Fsp3) is 0.462. The second-order valence-electron chi connectivity index (χ2n) is 4.95. The summed E-state index contributed by atoms with van der Waals surface area (Å²) >= 11 is 0. The molecule has 1 heterocycles. The molecule has 1 aliphatic rings. The van der Waals surface area contributed by atoms with E-state index in [-0.39, 0.29) is 23.3 Å². The Balaban J connectivity index is 2.50. The van der Waals surface area contributed by atoms with Crippen LogP contribution >= 0.6 is 0 Å². The molecule has 1 N–H and O–H groups in total. The van der Waals surface area contributed by atoms with Crippen molar-refractivity contribution in [2.45, 2.75) is 38.8 Å². The summed E-state index contributed by atoms with van der Waals surface area (Å²) in [5.41, 5.74) is 0.308. The van der Waals surface area contributed by atoms with Gasteiger partial charge in [0.05, 0.1) is 10.5 Å². The molecular weight excluding hydrogens is 248 g/mol. The van der Waals surface area contributed by atoms with Gasteiger partial charge in [-0.3, -0.25) is 10.1 Å². The standard InChI is InChI=1S/C13H16N2O4/c1-8-3-4-9(2)14(8)11-6-5-10(13(16)17)7-12(11)15(18)19/h5-9H,3-4H2,1-2H3,(H,16,17). The van der Waals surface area contributed by atoms with E-state index in [2.05, 4.69) is 0 Å². The quantitative estimate of drug-likeness (QED) is 0.670. The first kappa shape index (κ1) is 13.3. The van der Waals surface area contributed by atoms with E-state index in [1.165, 1.54) is 6.07 Å². The van der Waals surface area contributed by atoms with Crippen molar-refractivity contribution in [3.8, 4) is 0 Å². The third kappa shape index (κ3) is 2.38. The van der Waals surface area contributed by atoms with E-state index in [9.17, 15) is 14.9 Å². The van der Waals surface area contributed by atoms with Crippen LogP contribution in [0.1, 0.15) is 37.0 Å². The number of carbonyl (C=O) groups is 1. The predicted octanol–water partition coefficient (Wildman–Crippen LogP) is 2.67. The zero-order chi connectivity index (χ0) is 14.2. The molecule has 0 spiro atoms. The van der Waals surface area contributed by atoms with E-state index in [1.54, 1.807) is 6.07 Å². The third-order valence-electron chi connectivity index (χ3n) is 3.65. The SMILES string of the molecule is CC1CCC(C)N1c1ccc(C(=O)O)cc1[N+](=O)[O-]. The summed E-state index contributed by atoms with van der Waals surface area (Å²) in [6.07, 6.45) is 1.97. The monoisotopic (exact) mass is 264 g/mol. The number of rotatable bonds is 3. The molecule has 1 aliphatic heterocycles. The highest BCUT2D eigenvalue weighted by atomic mass is 16.6. The van der Waals surface area contributed by atoms with Crippen molar-refractivity contribution in [2.24, 2.45) is 0 Å². The molecule has 102 valence electrons. The van der Waals surface area contributed by atoms with Crippen molar-refractivity contribution in [2.75, 3.05) is 4.90 Å². The van der Waals surface area contributed by atoms with E-state index < -0.39 is 10.9 Å². The molecule has 2 rings (SSSR count). The Labute approximate surface area is 110 Å². The summed E-state index contributed by atoms with van der Waals surface area (Å²) in [6.45, 7) is 4.05. The zero-order valence-electron chi connectivity index (χ0n) is 10.9. The van der Waals surface area contributed by atoms with Crippen molar-refractivity contribution < 1.29 is 14.8 Å². The topological polar surface area (TPSA) is 83.7 Å². The zero-order valence-corrected chi connectivity index (χ0v) is 10.9. The second kappa shape index (κ2) is 4.87.